The minimum Gasteiger partial charge on any atom is -0.337 e. The van der Waals surface area contributed by atoms with E-state index in [4.69, 9.17) is 0 Å². The number of nitrogens with zero attached hydrogens (tertiary/aromatic N) is 4. The van der Waals surface area contributed by atoms with Crippen molar-refractivity contribution in [1.82, 2.24) is 15.4 Å². The molecule has 0 amide bonds. The van der Waals surface area contributed by atoms with Gasteiger partial charge >= 0.3 is 0 Å². The summed E-state index contributed by atoms with van der Waals surface area (Å²) < 4.78 is 68.3. The smallest absolute Gasteiger partial charge is 0.297 e. The number of para-hydroxylation sites is 2. The van der Waals surface area contributed by atoms with Crippen LogP contribution in [0.3, 0.4) is 0 Å². The molecule has 212 valence electrons. The van der Waals surface area contributed by atoms with E-state index in [-0.39, 0.29) is 27.5 Å². The second-order valence-electron chi connectivity index (χ2n) is 8.85. The first kappa shape index (κ1) is 28.6. The second kappa shape index (κ2) is 11.9. The van der Waals surface area contributed by atoms with Crippen LogP contribution >= 0.6 is 0 Å². The van der Waals surface area contributed by atoms with Crippen molar-refractivity contribution in [2.45, 2.75) is 9.79 Å². The highest BCUT2D eigenvalue weighted by atomic mass is 32.2. The van der Waals surface area contributed by atoms with E-state index < -0.39 is 25.1 Å². The first-order chi connectivity index (χ1) is 20.1. The van der Waals surface area contributed by atoms with Gasteiger partial charge in [0.15, 0.2) is 11.6 Å². The lowest BCUT2D eigenvalue weighted by atomic mass is 10.1. The molecule has 5 rings (SSSR count). The number of anilines is 5. The van der Waals surface area contributed by atoms with Crippen molar-refractivity contribution in [2.75, 3.05) is 10.2 Å². The van der Waals surface area contributed by atoms with Gasteiger partial charge in [0.1, 0.15) is 9.79 Å². The lowest BCUT2D eigenvalue weighted by molar-refractivity contribution is 0.481. The zero-order chi connectivity index (χ0) is 29.7. The molecule has 0 radical (unpaired) electrons. The molecular formula is C29H23N5O6S2. The first-order valence-electron chi connectivity index (χ1n) is 12.3. The molecular weight excluding hydrogens is 578 g/mol. The van der Waals surface area contributed by atoms with Gasteiger partial charge in [0.05, 0.1) is 5.69 Å². The summed E-state index contributed by atoms with van der Waals surface area (Å²) in [6.45, 7) is 0. The highest BCUT2D eigenvalue weighted by molar-refractivity contribution is 7.86. The second-order valence-corrected chi connectivity index (χ2v) is 11.6. The van der Waals surface area contributed by atoms with E-state index in [2.05, 4.69) is 20.7 Å². The van der Waals surface area contributed by atoms with E-state index in [1.807, 2.05) is 65.6 Å². The SMILES string of the molecule is O=S(=O)(O)c1ccccc1C=Cc1cccc(Nc2cc(N(c3ccccc3)c3ccccc3)nnn2)c1S(=O)(=O)O. The Bertz CT molecular complexity index is 1930. The molecule has 0 saturated heterocycles. The van der Waals surface area contributed by atoms with Crippen LogP contribution in [-0.4, -0.2) is 41.4 Å². The molecule has 4 aromatic carbocycles. The van der Waals surface area contributed by atoms with Gasteiger partial charge in [0.2, 0.25) is 0 Å². The fourth-order valence-corrected chi connectivity index (χ4v) is 5.79. The van der Waals surface area contributed by atoms with Crippen molar-refractivity contribution in [3.8, 4) is 0 Å². The van der Waals surface area contributed by atoms with Crippen LogP contribution in [0, 0.1) is 0 Å². The predicted molar refractivity (Wildman–Crippen MR) is 159 cm³/mol. The third-order valence-electron chi connectivity index (χ3n) is 6.03. The van der Waals surface area contributed by atoms with E-state index in [1.165, 1.54) is 42.5 Å². The molecule has 11 nitrogen and oxygen atoms in total. The normalized spacial score (nSPS) is 11.9. The Morgan fingerprint density at radius 1 is 0.643 bits per heavy atom. The maximum absolute atomic E-state index is 12.5. The quantitative estimate of drug-likeness (QED) is 0.139. The molecule has 42 heavy (non-hydrogen) atoms. The average molecular weight is 602 g/mol. The van der Waals surface area contributed by atoms with Crippen molar-refractivity contribution in [3.05, 3.63) is 120 Å². The van der Waals surface area contributed by atoms with E-state index in [1.54, 1.807) is 18.2 Å². The molecule has 0 unspecified atom stereocenters. The van der Waals surface area contributed by atoms with Crippen LogP contribution in [0.25, 0.3) is 12.2 Å². The largest absolute Gasteiger partial charge is 0.337 e. The lowest BCUT2D eigenvalue weighted by Crippen LogP contribution is -2.13. The van der Waals surface area contributed by atoms with E-state index in [9.17, 15) is 25.9 Å². The summed E-state index contributed by atoms with van der Waals surface area (Å²) in [5, 5.41) is 15.0. The Morgan fingerprint density at radius 2 is 1.21 bits per heavy atom. The van der Waals surface area contributed by atoms with E-state index in [0.29, 0.717) is 5.82 Å². The summed E-state index contributed by atoms with van der Waals surface area (Å²) in [5.74, 6) is 0.524. The Labute approximate surface area is 242 Å². The summed E-state index contributed by atoms with van der Waals surface area (Å²) in [6.07, 6.45) is 2.63. The number of hydrogen-bond acceptors (Lipinski definition) is 9. The molecule has 1 heterocycles. The summed E-state index contributed by atoms with van der Waals surface area (Å²) in [4.78, 5) is 1.01. The summed E-state index contributed by atoms with van der Waals surface area (Å²) >= 11 is 0. The summed E-state index contributed by atoms with van der Waals surface area (Å²) in [7, 11) is -9.33. The van der Waals surface area contributed by atoms with Gasteiger partial charge in [-0.3, -0.25) is 14.0 Å². The monoisotopic (exact) mass is 601 g/mol. The summed E-state index contributed by atoms with van der Waals surface area (Å²) in [6, 6.07) is 30.5. The molecule has 5 aromatic rings. The van der Waals surface area contributed by atoms with Gasteiger partial charge in [-0.1, -0.05) is 78.9 Å². The van der Waals surface area contributed by atoms with Gasteiger partial charge in [0.25, 0.3) is 20.2 Å². The van der Waals surface area contributed by atoms with Crippen molar-refractivity contribution in [2.24, 2.45) is 0 Å². The number of benzene rings is 4. The molecule has 0 bridgehead atoms. The fourth-order valence-electron chi connectivity index (χ4n) is 4.28. The predicted octanol–water partition coefficient (Wildman–Crippen LogP) is 5.75. The van der Waals surface area contributed by atoms with Crippen molar-refractivity contribution < 1.29 is 25.9 Å². The number of nitrogens with one attached hydrogen (secondary N) is 1. The zero-order valence-corrected chi connectivity index (χ0v) is 23.3. The molecule has 0 saturated carbocycles. The van der Waals surface area contributed by atoms with Gasteiger partial charge in [-0.25, -0.2) is 0 Å². The fraction of sp³-hybridized carbons (Fsp3) is 0. The van der Waals surface area contributed by atoms with Gasteiger partial charge < -0.3 is 5.32 Å². The first-order valence-corrected chi connectivity index (χ1v) is 15.2. The standard InChI is InChI=1S/C29H23N5O6S2/c35-41(36,37)26-17-8-7-10-21(26)18-19-22-11-9-16-25(29(22)42(38,39)40)30-27-20-28(32-33-31-27)34(23-12-3-1-4-13-23)24-14-5-2-6-15-24/h1-20H,(H,30,31,32)(H,35,36,37)(H,38,39,40). The van der Waals surface area contributed by atoms with Crippen molar-refractivity contribution in [3.63, 3.8) is 0 Å². The third kappa shape index (κ3) is 6.50. The van der Waals surface area contributed by atoms with Crippen LogP contribution < -0.4 is 10.2 Å². The lowest BCUT2D eigenvalue weighted by Gasteiger charge is -2.23. The van der Waals surface area contributed by atoms with Gasteiger partial charge in [-0.15, -0.1) is 10.2 Å². The van der Waals surface area contributed by atoms with Crippen LogP contribution in [0.15, 0.2) is 119 Å². The molecule has 0 aliphatic heterocycles. The summed E-state index contributed by atoms with van der Waals surface area (Å²) in [5.41, 5.74) is 1.74. The highest BCUT2D eigenvalue weighted by Gasteiger charge is 2.21. The van der Waals surface area contributed by atoms with Crippen LogP contribution in [0.1, 0.15) is 11.1 Å². The number of hydrogen-bond donors (Lipinski definition) is 3. The van der Waals surface area contributed by atoms with Gasteiger partial charge in [-0.05, 0) is 52.7 Å². The molecule has 0 spiro atoms. The van der Waals surface area contributed by atoms with E-state index in [0.717, 1.165) is 11.4 Å². The average Bonchev–Trinajstić information content (AvgIpc) is 2.97. The molecule has 13 heteroatoms. The minimum absolute atomic E-state index is 0.0138. The molecule has 0 aliphatic rings. The van der Waals surface area contributed by atoms with Crippen molar-refractivity contribution >= 4 is 61.1 Å². The Kier molecular flexibility index (Phi) is 8.08. The molecule has 0 atom stereocenters. The van der Waals surface area contributed by atoms with Crippen LogP contribution in [0.2, 0.25) is 0 Å². The number of rotatable bonds is 9. The minimum atomic E-state index is -4.80. The van der Waals surface area contributed by atoms with Crippen LogP contribution in [0.4, 0.5) is 28.7 Å². The van der Waals surface area contributed by atoms with E-state index >= 15 is 0 Å². The Balaban J connectivity index is 1.55. The Morgan fingerprint density at radius 3 is 1.83 bits per heavy atom. The molecule has 1 aromatic heterocycles. The van der Waals surface area contributed by atoms with Gasteiger partial charge in [0, 0.05) is 17.4 Å². The number of aromatic nitrogens is 3. The van der Waals surface area contributed by atoms with Crippen LogP contribution in [0.5, 0.6) is 0 Å². The zero-order valence-electron chi connectivity index (χ0n) is 21.7. The maximum Gasteiger partial charge on any atom is 0.297 e. The topological polar surface area (TPSA) is 163 Å². The maximum atomic E-state index is 12.5. The molecule has 3 N–H and O–H groups in total. The highest BCUT2D eigenvalue weighted by Crippen LogP contribution is 2.34. The van der Waals surface area contributed by atoms with Crippen molar-refractivity contribution in [1.29, 1.82) is 0 Å². The molecule has 0 fully saturated rings. The van der Waals surface area contributed by atoms with Crippen LogP contribution in [-0.2, 0) is 20.2 Å². The molecule has 0 aliphatic carbocycles. The Hall–Kier alpha value is -4.95. The third-order valence-corrected chi connectivity index (χ3v) is 7.93. The van der Waals surface area contributed by atoms with Gasteiger partial charge in [-0.2, -0.15) is 16.8 Å².